The van der Waals surface area contributed by atoms with E-state index in [-0.39, 0.29) is 12.5 Å². The van der Waals surface area contributed by atoms with E-state index < -0.39 is 17.3 Å². The fourth-order valence-electron chi connectivity index (χ4n) is 2.38. The molecule has 0 saturated heterocycles. The van der Waals surface area contributed by atoms with Crippen molar-refractivity contribution < 1.29 is 19.4 Å². The largest absolute Gasteiger partial charge is 0.496 e. The summed E-state index contributed by atoms with van der Waals surface area (Å²) in [5.74, 6) is -0.995. The molecular formula is C17H25NO4. The van der Waals surface area contributed by atoms with Crippen molar-refractivity contribution in [2.24, 2.45) is 5.92 Å². The van der Waals surface area contributed by atoms with Crippen LogP contribution in [0, 0.1) is 5.92 Å². The van der Waals surface area contributed by atoms with Crippen LogP contribution in [0.2, 0.25) is 0 Å². The summed E-state index contributed by atoms with van der Waals surface area (Å²) >= 11 is 0. The number of benzene rings is 1. The highest BCUT2D eigenvalue weighted by atomic mass is 16.5. The predicted octanol–water partition coefficient (Wildman–Crippen LogP) is 2.59. The first-order valence-electron chi connectivity index (χ1n) is 7.49. The van der Waals surface area contributed by atoms with Crippen LogP contribution in [0.25, 0.3) is 0 Å². The highest BCUT2D eigenvalue weighted by Gasteiger charge is 2.33. The maximum Gasteiger partial charge on any atom is 0.308 e. The SMILES string of the molecule is CCCC(CNC(=O)C(C)(C)c1ccccc1OC)C(=O)O. The van der Waals surface area contributed by atoms with Crippen molar-refractivity contribution in [2.75, 3.05) is 13.7 Å². The van der Waals surface area contributed by atoms with Crippen LogP contribution in [0.3, 0.4) is 0 Å². The van der Waals surface area contributed by atoms with Crippen molar-refractivity contribution >= 4 is 11.9 Å². The van der Waals surface area contributed by atoms with Crippen molar-refractivity contribution in [1.29, 1.82) is 0 Å². The molecule has 2 N–H and O–H groups in total. The Labute approximate surface area is 131 Å². The Bertz CT molecular complexity index is 525. The first-order valence-corrected chi connectivity index (χ1v) is 7.49. The predicted molar refractivity (Wildman–Crippen MR) is 85.1 cm³/mol. The Hall–Kier alpha value is -2.04. The zero-order chi connectivity index (χ0) is 16.8. The molecule has 1 rings (SSSR count). The number of carbonyl (C=O) groups is 2. The lowest BCUT2D eigenvalue weighted by Gasteiger charge is -2.26. The number of amides is 1. The first kappa shape index (κ1) is 18.0. The Balaban J connectivity index is 2.84. The van der Waals surface area contributed by atoms with E-state index in [4.69, 9.17) is 9.84 Å². The van der Waals surface area contributed by atoms with Gasteiger partial charge in [0.2, 0.25) is 5.91 Å². The lowest BCUT2D eigenvalue weighted by Crippen LogP contribution is -2.43. The topological polar surface area (TPSA) is 75.6 Å². The van der Waals surface area contributed by atoms with Crippen molar-refractivity contribution in [3.63, 3.8) is 0 Å². The van der Waals surface area contributed by atoms with E-state index in [1.165, 1.54) is 0 Å². The molecule has 0 aromatic heterocycles. The monoisotopic (exact) mass is 307 g/mol. The van der Waals surface area contributed by atoms with E-state index in [0.717, 1.165) is 12.0 Å². The molecule has 5 heteroatoms. The number of hydrogen-bond acceptors (Lipinski definition) is 3. The average molecular weight is 307 g/mol. The average Bonchev–Trinajstić information content (AvgIpc) is 2.50. The van der Waals surface area contributed by atoms with Gasteiger partial charge in [-0.1, -0.05) is 31.5 Å². The van der Waals surface area contributed by atoms with E-state index in [9.17, 15) is 9.59 Å². The number of rotatable bonds is 8. The van der Waals surface area contributed by atoms with Crippen molar-refractivity contribution in [3.05, 3.63) is 29.8 Å². The van der Waals surface area contributed by atoms with Crippen LogP contribution in [-0.4, -0.2) is 30.6 Å². The molecule has 0 spiro atoms. The normalized spacial score (nSPS) is 12.5. The lowest BCUT2D eigenvalue weighted by molar-refractivity contribution is -0.142. The van der Waals surface area contributed by atoms with Gasteiger partial charge in [0.05, 0.1) is 18.4 Å². The first-order chi connectivity index (χ1) is 10.3. The third kappa shape index (κ3) is 4.23. The van der Waals surface area contributed by atoms with Crippen molar-refractivity contribution in [3.8, 4) is 5.75 Å². The van der Waals surface area contributed by atoms with Crippen LogP contribution < -0.4 is 10.1 Å². The Morgan fingerprint density at radius 1 is 1.32 bits per heavy atom. The van der Waals surface area contributed by atoms with Crippen LogP contribution >= 0.6 is 0 Å². The lowest BCUT2D eigenvalue weighted by atomic mass is 9.83. The number of carbonyl (C=O) groups excluding carboxylic acids is 1. The van der Waals surface area contributed by atoms with Gasteiger partial charge in [-0.15, -0.1) is 0 Å². The molecule has 1 aromatic rings. The number of aliphatic carboxylic acids is 1. The number of carboxylic acids is 1. The standard InChI is InChI=1S/C17H25NO4/c1-5-8-12(15(19)20)11-18-16(21)17(2,3)13-9-6-7-10-14(13)22-4/h6-7,9-10,12H,5,8,11H2,1-4H3,(H,18,21)(H,19,20). The maximum atomic E-state index is 12.5. The molecule has 0 heterocycles. The molecule has 0 aliphatic rings. The second-order valence-corrected chi connectivity index (χ2v) is 5.86. The highest BCUT2D eigenvalue weighted by molar-refractivity contribution is 5.88. The summed E-state index contributed by atoms with van der Waals surface area (Å²) in [4.78, 5) is 23.7. The summed E-state index contributed by atoms with van der Waals surface area (Å²) in [5.41, 5.74) is -0.0284. The second-order valence-electron chi connectivity index (χ2n) is 5.86. The van der Waals surface area contributed by atoms with Crippen LogP contribution in [0.1, 0.15) is 39.2 Å². The molecule has 0 aliphatic carbocycles. The molecular weight excluding hydrogens is 282 g/mol. The van der Waals surface area contributed by atoms with Crippen LogP contribution in [0.15, 0.2) is 24.3 Å². The van der Waals surface area contributed by atoms with E-state index in [2.05, 4.69) is 5.32 Å². The zero-order valence-electron chi connectivity index (χ0n) is 13.7. The number of nitrogens with one attached hydrogen (secondary N) is 1. The van der Waals surface area contributed by atoms with Crippen molar-refractivity contribution in [2.45, 2.75) is 39.0 Å². The molecule has 0 radical (unpaired) electrons. The minimum absolute atomic E-state index is 0.139. The molecule has 22 heavy (non-hydrogen) atoms. The van der Waals surface area contributed by atoms with Gasteiger partial charge in [-0.25, -0.2) is 0 Å². The van der Waals surface area contributed by atoms with Gasteiger partial charge in [0.1, 0.15) is 5.75 Å². The van der Waals surface area contributed by atoms with Gasteiger partial charge in [-0.3, -0.25) is 9.59 Å². The van der Waals surface area contributed by atoms with Gasteiger partial charge in [0.15, 0.2) is 0 Å². The minimum atomic E-state index is -0.878. The number of hydrogen-bond donors (Lipinski definition) is 2. The van der Waals surface area contributed by atoms with E-state index >= 15 is 0 Å². The van der Waals surface area contributed by atoms with E-state index in [1.807, 2.05) is 31.2 Å². The molecule has 1 atom stereocenters. The highest BCUT2D eigenvalue weighted by Crippen LogP contribution is 2.31. The summed E-state index contributed by atoms with van der Waals surface area (Å²) in [5, 5.41) is 11.9. The summed E-state index contributed by atoms with van der Waals surface area (Å²) in [6, 6.07) is 7.35. The third-order valence-corrected chi connectivity index (χ3v) is 3.84. The molecule has 0 saturated carbocycles. The van der Waals surface area contributed by atoms with Crippen LogP contribution in [0.4, 0.5) is 0 Å². The third-order valence-electron chi connectivity index (χ3n) is 3.84. The van der Waals surface area contributed by atoms with Crippen molar-refractivity contribution in [1.82, 2.24) is 5.32 Å². The number of ether oxygens (including phenoxy) is 1. The fraction of sp³-hybridized carbons (Fsp3) is 0.529. The fourth-order valence-corrected chi connectivity index (χ4v) is 2.38. The van der Waals surface area contributed by atoms with Crippen LogP contribution in [0.5, 0.6) is 5.75 Å². The second kappa shape index (κ2) is 7.82. The smallest absolute Gasteiger partial charge is 0.308 e. The number of para-hydroxylation sites is 1. The van der Waals surface area contributed by atoms with E-state index in [1.54, 1.807) is 21.0 Å². The van der Waals surface area contributed by atoms with Gasteiger partial charge in [-0.2, -0.15) is 0 Å². The summed E-state index contributed by atoms with van der Waals surface area (Å²) < 4.78 is 5.31. The Morgan fingerprint density at radius 3 is 2.50 bits per heavy atom. The Morgan fingerprint density at radius 2 is 1.95 bits per heavy atom. The Kier molecular flexibility index (Phi) is 6.40. The molecule has 122 valence electrons. The van der Waals surface area contributed by atoms with Gasteiger partial charge >= 0.3 is 5.97 Å². The minimum Gasteiger partial charge on any atom is -0.496 e. The molecule has 1 unspecified atom stereocenters. The van der Waals surface area contributed by atoms with Gasteiger partial charge < -0.3 is 15.2 Å². The maximum absolute atomic E-state index is 12.5. The molecule has 5 nitrogen and oxygen atoms in total. The molecule has 0 aliphatic heterocycles. The number of carboxylic acid groups (broad SMARTS) is 1. The van der Waals surface area contributed by atoms with Crippen LogP contribution in [-0.2, 0) is 15.0 Å². The van der Waals surface area contributed by atoms with Gasteiger partial charge in [0.25, 0.3) is 0 Å². The van der Waals surface area contributed by atoms with Gasteiger partial charge in [-0.05, 0) is 26.3 Å². The molecule has 1 amide bonds. The zero-order valence-corrected chi connectivity index (χ0v) is 13.7. The summed E-state index contributed by atoms with van der Waals surface area (Å²) in [6.07, 6.45) is 1.31. The number of methoxy groups -OCH3 is 1. The summed E-state index contributed by atoms with van der Waals surface area (Å²) in [7, 11) is 1.56. The van der Waals surface area contributed by atoms with E-state index in [0.29, 0.717) is 12.2 Å². The molecule has 1 aromatic carbocycles. The quantitative estimate of drug-likeness (QED) is 0.774. The molecule has 0 bridgehead atoms. The molecule has 0 fully saturated rings. The summed E-state index contributed by atoms with van der Waals surface area (Å²) in [6.45, 7) is 5.67. The van der Waals surface area contributed by atoms with Gasteiger partial charge in [0, 0.05) is 12.1 Å².